The van der Waals surface area contributed by atoms with Crippen molar-refractivity contribution >= 4 is 15.9 Å². The molecule has 1 heterocycles. The number of fused-ring (bicyclic) bond motifs is 1. The van der Waals surface area contributed by atoms with Crippen LogP contribution in [0.2, 0.25) is 0 Å². The third-order valence-electron chi connectivity index (χ3n) is 3.23. The summed E-state index contributed by atoms with van der Waals surface area (Å²) in [5, 5.41) is 2.71. The number of ether oxygens (including phenoxy) is 1. The van der Waals surface area contributed by atoms with Crippen LogP contribution in [0, 0.1) is 0 Å². The molecule has 0 radical (unpaired) electrons. The van der Waals surface area contributed by atoms with Crippen LogP contribution in [0.1, 0.15) is 15.9 Å². The molecule has 1 amide bonds. The van der Waals surface area contributed by atoms with E-state index in [-0.39, 0.29) is 19.0 Å². The first-order valence-electron chi connectivity index (χ1n) is 6.33. The van der Waals surface area contributed by atoms with E-state index in [1.807, 2.05) is 6.07 Å². The van der Waals surface area contributed by atoms with Crippen LogP contribution in [-0.4, -0.2) is 51.6 Å². The normalized spacial score (nSPS) is 13.9. The molecule has 1 N–H and O–H groups in total. The zero-order valence-electron chi connectivity index (χ0n) is 11.5. The van der Waals surface area contributed by atoms with E-state index < -0.39 is 10.0 Å². The Balaban J connectivity index is 1.89. The van der Waals surface area contributed by atoms with Crippen molar-refractivity contribution in [1.29, 1.82) is 0 Å². The summed E-state index contributed by atoms with van der Waals surface area (Å²) >= 11 is 0. The molecule has 20 heavy (non-hydrogen) atoms. The fourth-order valence-corrected chi connectivity index (χ4v) is 2.35. The van der Waals surface area contributed by atoms with E-state index in [2.05, 4.69) is 5.32 Å². The lowest BCUT2D eigenvalue weighted by atomic mass is 10.1. The minimum Gasteiger partial charge on any atom is -0.493 e. The first-order valence-corrected chi connectivity index (χ1v) is 8.18. The zero-order valence-corrected chi connectivity index (χ0v) is 12.4. The molecule has 0 fully saturated rings. The molecule has 110 valence electrons. The molecule has 0 spiro atoms. The molecule has 2 rings (SSSR count). The van der Waals surface area contributed by atoms with Gasteiger partial charge < -0.3 is 10.1 Å². The molecule has 0 aromatic heterocycles. The van der Waals surface area contributed by atoms with Crippen LogP contribution in [0.3, 0.4) is 0 Å². The lowest BCUT2D eigenvalue weighted by Crippen LogP contribution is -2.35. The van der Waals surface area contributed by atoms with Crippen molar-refractivity contribution in [1.82, 2.24) is 9.62 Å². The van der Waals surface area contributed by atoms with Crippen molar-refractivity contribution in [3.05, 3.63) is 29.3 Å². The Morgan fingerprint density at radius 3 is 2.90 bits per heavy atom. The maximum Gasteiger partial charge on any atom is 0.251 e. The highest BCUT2D eigenvalue weighted by molar-refractivity contribution is 7.88. The van der Waals surface area contributed by atoms with Crippen LogP contribution < -0.4 is 10.1 Å². The smallest absolute Gasteiger partial charge is 0.251 e. The number of nitrogens with one attached hydrogen (secondary N) is 1. The van der Waals surface area contributed by atoms with Crippen molar-refractivity contribution in [2.24, 2.45) is 0 Å². The second kappa shape index (κ2) is 5.80. The third kappa shape index (κ3) is 3.49. The number of amides is 1. The summed E-state index contributed by atoms with van der Waals surface area (Å²) in [6.07, 6.45) is 1.95. The van der Waals surface area contributed by atoms with Gasteiger partial charge in [0.2, 0.25) is 10.0 Å². The number of carbonyl (C=O) groups excluding carboxylic acids is 1. The minimum absolute atomic E-state index is 0.207. The Morgan fingerprint density at radius 2 is 2.20 bits per heavy atom. The van der Waals surface area contributed by atoms with Gasteiger partial charge in [-0.3, -0.25) is 4.79 Å². The molecule has 7 heteroatoms. The average molecular weight is 298 g/mol. The van der Waals surface area contributed by atoms with Crippen LogP contribution in [0.15, 0.2) is 18.2 Å². The molecule has 0 bridgehead atoms. The topological polar surface area (TPSA) is 75.7 Å². The monoisotopic (exact) mass is 298 g/mol. The molecule has 1 aliphatic heterocycles. The summed E-state index contributed by atoms with van der Waals surface area (Å²) in [6, 6.07) is 5.32. The van der Waals surface area contributed by atoms with Gasteiger partial charge in [-0.05, 0) is 23.8 Å². The van der Waals surface area contributed by atoms with Crippen LogP contribution in [0.5, 0.6) is 5.75 Å². The van der Waals surface area contributed by atoms with E-state index >= 15 is 0 Å². The maximum atomic E-state index is 12.0. The Hall–Kier alpha value is -1.60. The molecular formula is C13H18N2O4S. The van der Waals surface area contributed by atoms with E-state index in [4.69, 9.17) is 4.74 Å². The molecular weight excluding hydrogens is 280 g/mol. The summed E-state index contributed by atoms with van der Waals surface area (Å²) in [5.41, 5.74) is 1.60. The Bertz CT molecular complexity index is 613. The second-order valence-electron chi connectivity index (χ2n) is 4.76. The van der Waals surface area contributed by atoms with Crippen LogP contribution in [0.4, 0.5) is 0 Å². The van der Waals surface area contributed by atoms with E-state index in [0.29, 0.717) is 12.2 Å². The highest BCUT2D eigenvalue weighted by atomic mass is 32.2. The van der Waals surface area contributed by atoms with Crippen LogP contribution in [0.25, 0.3) is 0 Å². The standard InChI is InChI=1S/C13H18N2O4S/c1-15(20(2,17)18)7-6-14-13(16)11-3-4-12-10(9-11)5-8-19-12/h3-4,9H,5-8H2,1-2H3,(H,14,16). The number of likely N-dealkylation sites (N-methyl/N-ethyl adjacent to an activating group) is 1. The lowest BCUT2D eigenvalue weighted by Gasteiger charge is -2.14. The summed E-state index contributed by atoms with van der Waals surface area (Å²) in [7, 11) is -1.73. The van der Waals surface area contributed by atoms with Gasteiger partial charge in [0.05, 0.1) is 12.9 Å². The van der Waals surface area contributed by atoms with Crippen LogP contribution in [-0.2, 0) is 16.4 Å². The fraction of sp³-hybridized carbons (Fsp3) is 0.462. The average Bonchev–Trinajstić information content (AvgIpc) is 2.84. The highest BCUT2D eigenvalue weighted by Crippen LogP contribution is 2.25. The quantitative estimate of drug-likeness (QED) is 0.845. The highest BCUT2D eigenvalue weighted by Gasteiger charge is 2.15. The Labute approximate surface area is 118 Å². The number of benzene rings is 1. The summed E-state index contributed by atoms with van der Waals surface area (Å²) in [6.45, 7) is 1.17. The van der Waals surface area contributed by atoms with Gasteiger partial charge in [-0.25, -0.2) is 12.7 Å². The fourth-order valence-electron chi connectivity index (χ4n) is 1.92. The molecule has 0 aliphatic carbocycles. The predicted octanol–water partition coefficient (Wildman–Crippen LogP) is 0.243. The summed E-state index contributed by atoms with van der Waals surface area (Å²) in [4.78, 5) is 12.0. The molecule has 1 aromatic rings. The van der Waals surface area contributed by atoms with E-state index in [0.717, 1.165) is 24.0 Å². The van der Waals surface area contributed by atoms with Gasteiger partial charge in [0, 0.05) is 32.1 Å². The van der Waals surface area contributed by atoms with Crippen molar-refractivity contribution in [3.63, 3.8) is 0 Å². The van der Waals surface area contributed by atoms with Gasteiger partial charge in [-0.15, -0.1) is 0 Å². The van der Waals surface area contributed by atoms with E-state index in [1.54, 1.807) is 12.1 Å². The van der Waals surface area contributed by atoms with Gasteiger partial charge in [0.1, 0.15) is 5.75 Å². The Kier molecular flexibility index (Phi) is 4.29. The summed E-state index contributed by atoms with van der Waals surface area (Å²) < 4.78 is 29.0. The maximum absolute atomic E-state index is 12.0. The van der Waals surface area contributed by atoms with Gasteiger partial charge in [-0.2, -0.15) is 0 Å². The SMILES string of the molecule is CN(CCNC(=O)c1ccc2c(c1)CCO2)S(C)(=O)=O. The van der Waals surface area contributed by atoms with Crippen molar-refractivity contribution in [2.45, 2.75) is 6.42 Å². The Morgan fingerprint density at radius 1 is 1.45 bits per heavy atom. The van der Waals surface area contributed by atoms with Crippen molar-refractivity contribution < 1.29 is 17.9 Å². The van der Waals surface area contributed by atoms with Gasteiger partial charge in [0.15, 0.2) is 0 Å². The first-order chi connectivity index (χ1) is 9.38. The summed E-state index contributed by atoms with van der Waals surface area (Å²) in [5.74, 6) is 0.625. The molecule has 6 nitrogen and oxygen atoms in total. The van der Waals surface area contributed by atoms with E-state index in [9.17, 15) is 13.2 Å². The molecule has 0 atom stereocenters. The minimum atomic E-state index is -3.21. The van der Waals surface area contributed by atoms with Gasteiger partial charge in [0.25, 0.3) is 5.91 Å². The largest absolute Gasteiger partial charge is 0.493 e. The number of carbonyl (C=O) groups is 1. The number of hydrogen-bond acceptors (Lipinski definition) is 4. The third-order valence-corrected chi connectivity index (χ3v) is 4.54. The first kappa shape index (κ1) is 14.8. The number of nitrogens with zero attached hydrogens (tertiary/aromatic N) is 1. The number of rotatable bonds is 5. The molecule has 0 unspecified atom stereocenters. The molecule has 1 aromatic carbocycles. The van der Waals surface area contributed by atoms with Crippen molar-refractivity contribution in [3.8, 4) is 5.75 Å². The van der Waals surface area contributed by atoms with Gasteiger partial charge in [-0.1, -0.05) is 0 Å². The predicted molar refractivity (Wildman–Crippen MR) is 75.4 cm³/mol. The zero-order chi connectivity index (χ0) is 14.8. The lowest BCUT2D eigenvalue weighted by molar-refractivity contribution is 0.0952. The molecule has 0 saturated carbocycles. The molecule has 1 aliphatic rings. The number of sulfonamides is 1. The second-order valence-corrected chi connectivity index (χ2v) is 6.85. The number of hydrogen-bond donors (Lipinski definition) is 1. The molecule has 0 saturated heterocycles. The van der Waals surface area contributed by atoms with E-state index in [1.165, 1.54) is 11.4 Å². The van der Waals surface area contributed by atoms with Gasteiger partial charge >= 0.3 is 0 Å². The van der Waals surface area contributed by atoms with Crippen molar-refractivity contribution in [2.75, 3.05) is 33.0 Å². The van der Waals surface area contributed by atoms with Crippen LogP contribution >= 0.6 is 0 Å².